The van der Waals surface area contributed by atoms with E-state index in [0.717, 1.165) is 0 Å². The van der Waals surface area contributed by atoms with E-state index in [1.807, 2.05) is 6.07 Å². The summed E-state index contributed by atoms with van der Waals surface area (Å²) in [4.78, 5) is 11.9. The van der Waals surface area contributed by atoms with Gasteiger partial charge in [0.2, 0.25) is 0 Å². The highest BCUT2D eigenvalue weighted by molar-refractivity contribution is 6.31. The van der Waals surface area contributed by atoms with Crippen molar-refractivity contribution in [2.45, 2.75) is 19.6 Å². The number of benzene rings is 2. The van der Waals surface area contributed by atoms with Crippen LogP contribution in [0.15, 0.2) is 42.5 Å². The molecule has 0 amide bonds. The van der Waals surface area contributed by atoms with Gasteiger partial charge in [-0.2, -0.15) is 5.26 Å². The van der Waals surface area contributed by atoms with E-state index in [9.17, 15) is 9.18 Å². The van der Waals surface area contributed by atoms with Gasteiger partial charge in [0.15, 0.2) is 6.10 Å². The SMILES string of the molecule is CC(Oc1ccc(C#N)cc1)C(=O)OCc1c(F)cccc1Cl. The Bertz CT molecular complexity index is 720. The summed E-state index contributed by atoms with van der Waals surface area (Å²) >= 11 is 5.86. The van der Waals surface area contributed by atoms with Crippen molar-refractivity contribution in [2.24, 2.45) is 0 Å². The van der Waals surface area contributed by atoms with Crippen LogP contribution in [0.25, 0.3) is 0 Å². The van der Waals surface area contributed by atoms with E-state index in [1.165, 1.54) is 25.1 Å². The topological polar surface area (TPSA) is 59.3 Å². The Morgan fingerprint density at radius 3 is 2.61 bits per heavy atom. The number of carbonyl (C=O) groups is 1. The molecule has 0 aliphatic rings. The first-order chi connectivity index (χ1) is 11.0. The van der Waals surface area contributed by atoms with E-state index in [4.69, 9.17) is 26.3 Å². The largest absolute Gasteiger partial charge is 0.479 e. The highest BCUT2D eigenvalue weighted by Crippen LogP contribution is 2.20. The van der Waals surface area contributed by atoms with E-state index in [2.05, 4.69) is 0 Å². The van der Waals surface area contributed by atoms with Gasteiger partial charge in [-0.05, 0) is 43.3 Å². The smallest absolute Gasteiger partial charge is 0.347 e. The highest BCUT2D eigenvalue weighted by Gasteiger charge is 2.18. The fraction of sp³-hybridized carbons (Fsp3) is 0.176. The summed E-state index contributed by atoms with van der Waals surface area (Å²) in [7, 11) is 0. The summed E-state index contributed by atoms with van der Waals surface area (Å²) in [5.41, 5.74) is 0.606. The second-order valence-corrected chi connectivity index (χ2v) is 5.11. The number of nitrogens with zero attached hydrogens (tertiary/aromatic N) is 1. The Balaban J connectivity index is 1.93. The number of rotatable bonds is 5. The molecule has 118 valence electrons. The van der Waals surface area contributed by atoms with Crippen LogP contribution in [0.4, 0.5) is 4.39 Å². The number of ether oxygens (including phenoxy) is 2. The van der Waals surface area contributed by atoms with E-state index >= 15 is 0 Å². The van der Waals surface area contributed by atoms with E-state index in [-0.39, 0.29) is 17.2 Å². The minimum atomic E-state index is -0.881. The Morgan fingerprint density at radius 1 is 1.30 bits per heavy atom. The van der Waals surface area contributed by atoms with Crippen LogP contribution in [-0.4, -0.2) is 12.1 Å². The van der Waals surface area contributed by atoms with E-state index < -0.39 is 17.9 Å². The molecule has 0 fully saturated rings. The van der Waals surface area contributed by atoms with Crippen molar-refractivity contribution in [3.05, 3.63) is 64.4 Å². The van der Waals surface area contributed by atoms with Crippen LogP contribution >= 0.6 is 11.6 Å². The van der Waals surface area contributed by atoms with Crippen LogP contribution in [0.1, 0.15) is 18.1 Å². The van der Waals surface area contributed by atoms with Crippen molar-refractivity contribution in [2.75, 3.05) is 0 Å². The molecule has 2 rings (SSSR count). The molecule has 0 radical (unpaired) electrons. The van der Waals surface area contributed by atoms with Crippen molar-refractivity contribution in [1.82, 2.24) is 0 Å². The lowest BCUT2D eigenvalue weighted by Gasteiger charge is -2.14. The summed E-state index contributed by atoms with van der Waals surface area (Å²) < 4.78 is 24.0. The van der Waals surface area contributed by atoms with Crippen LogP contribution in [-0.2, 0) is 16.1 Å². The van der Waals surface area contributed by atoms with Crippen molar-refractivity contribution in [3.8, 4) is 11.8 Å². The number of hydrogen-bond acceptors (Lipinski definition) is 4. The van der Waals surface area contributed by atoms with Crippen LogP contribution in [0, 0.1) is 17.1 Å². The molecule has 0 saturated carbocycles. The quantitative estimate of drug-likeness (QED) is 0.779. The number of halogens is 2. The fourth-order valence-corrected chi connectivity index (χ4v) is 2.01. The Labute approximate surface area is 138 Å². The monoisotopic (exact) mass is 333 g/mol. The molecular formula is C17H13ClFNO3. The van der Waals surface area contributed by atoms with Gasteiger partial charge in [0.05, 0.1) is 16.7 Å². The standard InChI is InChI=1S/C17H13ClFNO3/c1-11(23-13-7-5-12(9-20)6-8-13)17(21)22-10-14-15(18)3-2-4-16(14)19/h2-8,11H,10H2,1H3. The second-order valence-electron chi connectivity index (χ2n) is 4.70. The summed E-state index contributed by atoms with van der Waals surface area (Å²) in [6, 6.07) is 12.5. The normalized spacial score (nSPS) is 11.4. The molecule has 0 spiro atoms. The third-order valence-corrected chi connectivity index (χ3v) is 3.40. The lowest BCUT2D eigenvalue weighted by molar-refractivity contribution is -0.152. The Morgan fingerprint density at radius 2 is 2.00 bits per heavy atom. The van der Waals surface area contributed by atoms with Gasteiger partial charge < -0.3 is 9.47 Å². The summed E-state index contributed by atoms with van der Waals surface area (Å²) in [6.45, 7) is 1.24. The zero-order chi connectivity index (χ0) is 16.8. The van der Waals surface area contributed by atoms with Gasteiger partial charge in [-0.25, -0.2) is 9.18 Å². The molecule has 0 aromatic heterocycles. The van der Waals surface area contributed by atoms with Gasteiger partial charge in [0, 0.05) is 5.56 Å². The molecular weight excluding hydrogens is 321 g/mol. The third kappa shape index (κ3) is 4.44. The van der Waals surface area contributed by atoms with Crippen molar-refractivity contribution in [1.29, 1.82) is 5.26 Å². The molecule has 1 unspecified atom stereocenters. The third-order valence-electron chi connectivity index (χ3n) is 3.05. The van der Waals surface area contributed by atoms with Crippen LogP contribution in [0.5, 0.6) is 5.75 Å². The fourth-order valence-electron chi connectivity index (χ4n) is 1.79. The minimum absolute atomic E-state index is 0.119. The van der Waals surface area contributed by atoms with Gasteiger partial charge in [-0.15, -0.1) is 0 Å². The van der Waals surface area contributed by atoms with E-state index in [1.54, 1.807) is 24.3 Å². The molecule has 0 N–H and O–H groups in total. The lowest BCUT2D eigenvalue weighted by atomic mass is 10.2. The Hall–Kier alpha value is -2.58. The van der Waals surface area contributed by atoms with Crippen LogP contribution < -0.4 is 4.74 Å². The molecule has 0 bridgehead atoms. The van der Waals surface area contributed by atoms with Crippen LogP contribution in [0.2, 0.25) is 5.02 Å². The first kappa shape index (κ1) is 16.8. The average molecular weight is 334 g/mol. The first-order valence-electron chi connectivity index (χ1n) is 6.77. The zero-order valence-electron chi connectivity index (χ0n) is 12.3. The summed E-state index contributed by atoms with van der Waals surface area (Å²) in [6.07, 6.45) is -0.881. The molecule has 2 aromatic carbocycles. The maximum atomic E-state index is 13.6. The molecule has 1 atom stereocenters. The summed E-state index contributed by atoms with van der Waals surface area (Å²) in [5, 5.41) is 8.91. The Kier molecular flexibility index (Phi) is 5.56. The number of hydrogen-bond donors (Lipinski definition) is 0. The average Bonchev–Trinajstić information content (AvgIpc) is 2.54. The predicted octanol–water partition coefficient (Wildman–Crippen LogP) is 3.86. The molecule has 0 aliphatic carbocycles. The highest BCUT2D eigenvalue weighted by atomic mass is 35.5. The first-order valence-corrected chi connectivity index (χ1v) is 7.15. The number of esters is 1. The molecule has 0 saturated heterocycles. The summed E-state index contributed by atoms with van der Waals surface area (Å²) in [5.74, 6) is -0.753. The number of carbonyl (C=O) groups excluding carboxylic acids is 1. The maximum Gasteiger partial charge on any atom is 0.347 e. The van der Waals surface area contributed by atoms with Gasteiger partial charge in [0.1, 0.15) is 18.2 Å². The van der Waals surface area contributed by atoms with Crippen LogP contribution in [0.3, 0.4) is 0 Å². The zero-order valence-corrected chi connectivity index (χ0v) is 13.0. The van der Waals surface area contributed by atoms with Gasteiger partial charge >= 0.3 is 5.97 Å². The van der Waals surface area contributed by atoms with Crippen molar-refractivity contribution in [3.63, 3.8) is 0 Å². The van der Waals surface area contributed by atoms with Gasteiger partial charge in [-0.1, -0.05) is 17.7 Å². The number of nitriles is 1. The maximum absolute atomic E-state index is 13.6. The van der Waals surface area contributed by atoms with Gasteiger partial charge in [-0.3, -0.25) is 0 Å². The predicted molar refractivity (Wildman–Crippen MR) is 82.5 cm³/mol. The molecule has 0 heterocycles. The molecule has 2 aromatic rings. The van der Waals surface area contributed by atoms with E-state index in [0.29, 0.717) is 11.3 Å². The lowest BCUT2D eigenvalue weighted by Crippen LogP contribution is -2.26. The molecule has 4 nitrogen and oxygen atoms in total. The van der Waals surface area contributed by atoms with Crippen molar-refractivity contribution >= 4 is 17.6 Å². The van der Waals surface area contributed by atoms with Crippen molar-refractivity contribution < 1.29 is 18.7 Å². The molecule has 6 heteroatoms. The molecule has 0 aliphatic heterocycles. The minimum Gasteiger partial charge on any atom is -0.479 e. The second kappa shape index (κ2) is 7.61. The molecule has 23 heavy (non-hydrogen) atoms. The van der Waals surface area contributed by atoms with Gasteiger partial charge in [0.25, 0.3) is 0 Å².